The second-order valence-corrected chi connectivity index (χ2v) is 4.50. The molecule has 1 aromatic carbocycles. The Kier molecular flexibility index (Phi) is 4.06. The normalized spacial score (nSPS) is 9.86. The molecule has 2 rings (SSSR count). The summed E-state index contributed by atoms with van der Waals surface area (Å²) in [6, 6.07) is 12.4. The van der Waals surface area contributed by atoms with Crippen molar-refractivity contribution in [2.75, 3.05) is 0 Å². The van der Waals surface area contributed by atoms with Gasteiger partial charge in [0.05, 0.1) is 0 Å². The zero-order chi connectivity index (χ0) is 15.4. The summed E-state index contributed by atoms with van der Waals surface area (Å²) in [5.74, 6) is -0.387. The molecule has 0 radical (unpaired) electrons. The summed E-state index contributed by atoms with van der Waals surface area (Å²) in [7, 11) is 0. The average molecular weight is 279 g/mol. The molecule has 1 N–H and O–H groups in total. The molecule has 1 heterocycles. The molecule has 0 amide bonds. The molecule has 1 aromatic heterocycles. The van der Waals surface area contributed by atoms with Crippen LogP contribution in [0.3, 0.4) is 0 Å². The van der Waals surface area contributed by atoms with Gasteiger partial charge in [0.15, 0.2) is 0 Å². The third-order valence-corrected chi connectivity index (χ3v) is 3.17. The molecule has 0 atom stereocenters. The van der Waals surface area contributed by atoms with Crippen LogP contribution in [0.4, 0.5) is 0 Å². The van der Waals surface area contributed by atoms with E-state index in [0.717, 1.165) is 4.57 Å². The van der Waals surface area contributed by atoms with Crippen molar-refractivity contribution in [3.05, 3.63) is 51.8 Å². The summed E-state index contributed by atoms with van der Waals surface area (Å²) in [5, 5.41) is 28.8. The van der Waals surface area contributed by atoms with E-state index in [1.54, 1.807) is 30.3 Å². The van der Waals surface area contributed by atoms with Gasteiger partial charge in [-0.1, -0.05) is 37.3 Å². The molecule has 0 spiro atoms. The van der Waals surface area contributed by atoms with Crippen LogP contribution < -0.4 is 5.56 Å². The Morgan fingerprint density at radius 2 is 1.76 bits per heavy atom. The Labute approximate surface area is 121 Å². The van der Waals surface area contributed by atoms with E-state index in [1.807, 2.05) is 19.1 Å². The molecule has 5 heteroatoms. The number of nitrogens with zero attached hydrogens (tertiary/aromatic N) is 3. The standard InChI is InChI=1S/C16H13N3O2/c1-2-8-19-15(20)12(9-17)14(13(10-18)16(19)21)11-6-4-3-5-7-11/h3-7,20H,2,8H2,1H3. The molecule has 0 saturated carbocycles. The van der Waals surface area contributed by atoms with E-state index in [0.29, 0.717) is 12.0 Å². The van der Waals surface area contributed by atoms with Crippen molar-refractivity contribution in [2.24, 2.45) is 0 Å². The van der Waals surface area contributed by atoms with E-state index in [1.165, 1.54) is 0 Å². The van der Waals surface area contributed by atoms with Gasteiger partial charge in [-0.3, -0.25) is 9.36 Å². The van der Waals surface area contributed by atoms with Gasteiger partial charge in [0.25, 0.3) is 5.56 Å². The second-order valence-electron chi connectivity index (χ2n) is 4.50. The van der Waals surface area contributed by atoms with E-state index in [-0.39, 0.29) is 29.1 Å². The van der Waals surface area contributed by atoms with Gasteiger partial charge in [0.1, 0.15) is 23.3 Å². The zero-order valence-corrected chi connectivity index (χ0v) is 11.5. The van der Waals surface area contributed by atoms with Crippen LogP contribution in [0.15, 0.2) is 35.1 Å². The SMILES string of the molecule is CCCn1c(O)c(C#N)c(-c2ccccc2)c(C#N)c1=O. The second kappa shape index (κ2) is 5.94. The first-order valence-corrected chi connectivity index (χ1v) is 6.51. The van der Waals surface area contributed by atoms with E-state index < -0.39 is 5.56 Å². The molecule has 0 aliphatic rings. The molecule has 2 aromatic rings. The largest absolute Gasteiger partial charge is 0.493 e. The summed E-state index contributed by atoms with van der Waals surface area (Å²) < 4.78 is 1.07. The van der Waals surface area contributed by atoms with Crippen molar-refractivity contribution in [2.45, 2.75) is 19.9 Å². The molecule has 104 valence electrons. The van der Waals surface area contributed by atoms with E-state index >= 15 is 0 Å². The molecule has 0 bridgehead atoms. The monoisotopic (exact) mass is 279 g/mol. The number of pyridine rings is 1. The average Bonchev–Trinajstić information content (AvgIpc) is 2.52. The molecule has 0 aliphatic carbocycles. The number of rotatable bonds is 3. The van der Waals surface area contributed by atoms with Crippen LogP contribution in [-0.4, -0.2) is 9.67 Å². The quantitative estimate of drug-likeness (QED) is 0.933. The summed E-state index contributed by atoms with van der Waals surface area (Å²) in [6.07, 6.45) is 0.605. The maximum absolute atomic E-state index is 12.3. The number of aromatic nitrogens is 1. The van der Waals surface area contributed by atoms with Gasteiger partial charge in [0, 0.05) is 12.1 Å². The predicted molar refractivity (Wildman–Crippen MR) is 77.5 cm³/mol. The van der Waals surface area contributed by atoms with Gasteiger partial charge in [-0.25, -0.2) is 0 Å². The molecular weight excluding hydrogens is 266 g/mol. The number of hydrogen-bond acceptors (Lipinski definition) is 4. The molecule has 0 aliphatic heterocycles. The number of aromatic hydroxyl groups is 1. The highest BCUT2D eigenvalue weighted by atomic mass is 16.3. The third-order valence-electron chi connectivity index (χ3n) is 3.17. The number of nitriles is 2. The van der Waals surface area contributed by atoms with Crippen molar-refractivity contribution in [3.8, 4) is 29.1 Å². The third kappa shape index (κ3) is 2.37. The molecule has 0 unspecified atom stereocenters. The van der Waals surface area contributed by atoms with Gasteiger partial charge >= 0.3 is 0 Å². The lowest BCUT2D eigenvalue weighted by atomic mass is 9.97. The highest BCUT2D eigenvalue weighted by Gasteiger charge is 2.22. The van der Waals surface area contributed by atoms with Crippen molar-refractivity contribution in [3.63, 3.8) is 0 Å². The van der Waals surface area contributed by atoms with Crippen molar-refractivity contribution < 1.29 is 5.11 Å². The predicted octanol–water partition coefficient (Wildman–Crippen LogP) is 2.37. The summed E-state index contributed by atoms with van der Waals surface area (Å²) in [5.41, 5.74) is 0.00149. The van der Waals surface area contributed by atoms with Crippen LogP contribution in [0, 0.1) is 22.7 Å². The summed E-state index contributed by atoms with van der Waals surface area (Å²) in [4.78, 5) is 12.3. The van der Waals surface area contributed by atoms with Crippen molar-refractivity contribution >= 4 is 0 Å². The summed E-state index contributed by atoms with van der Waals surface area (Å²) >= 11 is 0. The maximum atomic E-state index is 12.3. The molecule has 0 saturated heterocycles. The Morgan fingerprint density at radius 3 is 2.29 bits per heavy atom. The van der Waals surface area contributed by atoms with Crippen LogP contribution >= 0.6 is 0 Å². The van der Waals surface area contributed by atoms with Crippen molar-refractivity contribution in [1.29, 1.82) is 10.5 Å². The van der Waals surface area contributed by atoms with Gasteiger partial charge in [-0.05, 0) is 12.0 Å². The fraction of sp³-hybridized carbons (Fsp3) is 0.188. The number of hydrogen-bond donors (Lipinski definition) is 1. The highest BCUT2D eigenvalue weighted by molar-refractivity contribution is 5.77. The van der Waals surface area contributed by atoms with Crippen LogP contribution in [-0.2, 0) is 6.54 Å². The van der Waals surface area contributed by atoms with Gasteiger partial charge < -0.3 is 5.11 Å². The van der Waals surface area contributed by atoms with Gasteiger partial charge in [0.2, 0.25) is 5.88 Å². The van der Waals surface area contributed by atoms with Crippen LogP contribution in [0.1, 0.15) is 24.5 Å². The van der Waals surface area contributed by atoms with Crippen LogP contribution in [0.2, 0.25) is 0 Å². The Morgan fingerprint density at radius 1 is 1.14 bits per heavy atom. The molecule has 5 nitrogen and oxygen atoms in total. The smallest absolute Gasteiger partial charge is 0.271 e. The minimum absolute atomic E-state index is 0.0502. The fourth-order valence-corrected chi connectivity index (χ4v) is 2.24. The Bertz CT molecular complexity index is 809. The lowest BCUT2D eigenvalue weighted by molar-refractivity contribution is 0.403. The van der Waals surface area contributed by atoms with E-state index in [4.69, 9.17) is 0 Å². The van der Waals surface area contributed by atoms with Crippen LogP contribution in [0.5, 0.6) is 5.88 Å². The molecule has 21 heavy (non-hydrogen) atoms. The lowest BCUT2D eigenvalue weighted by Crippen LogP contribution is -2.24. The van der Waals surface area contributed by atoms with Crippen LogP contribution in [0.25, 0.3) is 11.1 Å². The van der Waals surface area contributed by atoms with Gasteiger partial charge in [-0.2, -0.15) is 10.5 Å². The minimum Gasteiger partial charge on any atom is -0.493 e. The molecular formula is C16H13N3O2. The van der Waals surface area contributed by atoms with Gasteiger partial charge in [-0.15, -0.1) is 0 Å². The lowest BCUT2D eigenvalue weighted by Gasteiger charge is -2.13. The zero-order valence-electron chi connectivity index (χ0n) is 11.5. The first-order chi connectivity index (χ1) is 10.2. The minimum atomic E-state index is -0.574. The molecule has 0 fully saturated rings. The number of benzene rings is 1. The van der Waals surface area contributed by atoms with E-state index in [9.17, 15) is 20.4 Å². The Hall–Kier alpha value is -3.05. The topological polar surface area (TPSA) is 89.8 Å². The van der Waals surface area contributed by atoms with E-state index in [2.05, 4.69) is 0 Å². The first kappa shape index (κ1) is 14.4. The fourth-order valence-electron chi connectivity index (χ4n) is 2.24. The summed E-state index contributed by atoms with van der Waals surface area (Å²) in [6.45, 7) is 2.10. The van der Waals surface area contributed by atoms with Crippen molar-refractivity contribution in [1.82, 2.24) is 4.57 Å². The highest BCUT2D eigenvalue weighted by Crippen LogP contribution is 2.30. The Balaban J connectivity index is 2.93. The first-order valence-electron chi connectivity index (χ1n) is 6.51. The maximum Gasteiger partial charge on any atom is 0.271 e.